The summed E-state index contributed by atoms with van der Waals surface area (Å²) < 4.78 is 0. The first-order valence-electron chi connectivity index (χ1n) is 12.4. The maximum Gasteiger partial charge on any atom is 0.227 e. The van der Waals surface area contributed by atoms with E-state index in [1.54, 1.807) is 6.20 Å². The van der Waals surface area contributed by atoms with Crippen LogP contribution in [0.5, 0.6) is 0 Å². The van der Waals surface area contributed by atoms with Crippen molar-refractivity contribution in [3.8, 4) is 17.3 Å². The third-order valence-corrected chi connectivity index (χ3v) is 7.33. The van der Waals surface area contributed by atoms with Crippen LogP contribution < -0.4 is 10.6 Å². The third-order valence-electron chi connectivity index (χ3n) is 7.33. The van der Waals surface area contributed by atoms with Crippen LogP contribution in [0.25, 0.3) is 11.3 Å². The second-order valence-electron chi connectivity index (χ2n) is 10.2. The van der Waals surface area contributed by atoms with Crippen molar-refractivity contribution in [2.75, 3.05) is 36.9 Å². The number of nitriles is 1. The van der Waals surface area contributed by atoms with Crippen molar-refractivity contribution < 1.29 is 10.2 Å². The molecule has 1 unspecified atom stereocenters. The van der Waals surface area contributed by atoms with E-state index in [4.69, 9.17) is 4.98 Å². The van der Waals surface area contributed by atoms with E-state index < -0.39 is 5.41 Å². The van der Waals surface area contributed by atoms with Crippen LogP contribution in [-0.4, -0.2) is 57.4 Å². The Labute approximate surface area is 211 Å². The summed E-state index contributed by atoms with van der Waals surface area (Å²) in [5, 5.41) is 36.3. The van der Waals surface area contributed by atoms with Crippen molar-refractivity contribution in [2.45, 2.75) is 44.8 Å². The van der Waals surface area contributed by atoms with Crippen LogP contribution in [0.3, 0.4) is 0 Å². The second kappa shape index (κ2) is 9.86. The lowest BCUT2D eigenvalue weighted by molar-refractivity contribution is 0.0793. The highest BCUT2D eigenvalue weighted by Crippen LogP contribution is 2.41. The fraction of sp³-hybridized carbons (Fsp3) is 0.393. The first-order valence-corrected chi connectivity index (χ1v) is 12.4. The third kappa shape index (κ3) is 4.78. The number of hydrogen-bond acceptors (Lipinski definition) is 8. The highest BCUT2D eigenvalue weighted by Gasteiger charge is 2.36. The summed E-state index contributed by atoms with van der Waals surface area (Å²) in [7, 11) is 0. The summed E-state index contributed by atoms with van der Waals surface area (Å²) in [4.78, 5) is 11.6. The molecule has 3 aromatic rings. The Balaban J connectivity index is 1.44. The summed E-state index contributed by atoms with van der Waals surface area (Å²) in [5.41, 5.74) is 6.58. The Morgan fingerprint density at radius 2 is 2.03 bits per heavy atom. The predicted molar refractivity (Wildman–Crippen MR) is 140 cm³/mol. The zero-order valence-electron chi connectivity index (χ0n) is 20.8. The van der Waals surface area contributed by atoms with Gasteiger partial charge in [-0.25, -0.2) is 9.97 Å². The Kier molecular flexibility index (Phi) is 6.63. The lowest BCUT2D eigenvalue weighted by Crippen LogP contribution is -2.35. The molecule has 1 fully saturated rings. The van der Waals surface area contributed by atoms with Gasteiger partial charge in [-0.15, -0.1) is 0 Å². The summed E-state index contributed by atoms with van der Waals surface area (Å²) in [6.07, 6.45) is 3.13. The summed E-state index contributed by atoms with van der Waals surface area (Å²) >= 11 is 0. The molecule has 2 aromatic carbocycles. The number of nitrogens with one attached hydrogen (secondary N) is 2. The molecule has 0 radical (unpaired) electrons. The number of piperidine rings is 1. The molecular weight excluding hydrogens is 452 g/mol. The van der Waals surface area contributed by atoms with Gasteiger partial charge in [-0.3, -0.25) is 4.90 Å². The average Bonchev–Trinajstić information content (AvgIpc) is 3.23. The van der Waals surface area contributed by atoms with E-state index in [9.17, 15) is 15.5 Å². The molecule has 1 atom stereocenters. The molecule has 36 heavy (non-hydrogen) atoms. The maximum absolute atomic E-state index is 10.0. The van der Waals surface area contributed by atoms with Gasteiger partial charge in [0.15, 0.2) is 0 Å². The normalized spacial score (nSPS) is 20.0. The van der Waals surface area contributed by atoms with Crippen molar-refractivity contribution in [2.24, 2.45) is 0 Å². The standard InChI is InChI=1S/C28H32N6O2/c1-18-3-4-19(15-34-9-6-22(36)7-10-34)25(11-18)33-27-30-8-5-24(32-27)20-12-21(14-29)26-23(13-20)28(2,17-35)16-31-26/h3-5,8,11-13,22,31,35-36H,6-7,9-10,15-17H2,1-2H3,(H,30,32,33). The molecule has 0 amide bonds. The van der Waals surface area contributed by atoms with Crippen LogP contribution in [0, 0.1) is 18.3 Å². The molecule has 0 bridgehead atoms. The number of aliphatic hydroxyl groups excluding tert-OH is 2. The van der Waals surface area contributed by atoms with E-state index >= 15 is 0 Å². The van der Waals surface area contributed by atoms with Crippen molar-refractivity contribution in [3.05, 3.63) is 64.8 Å². The van der Waals surface area contributed by atoms with Gasteiger partial charge in [-0.2, -0.15) is 5.26 Å². The topological polar surface area (TPSA) is 117 Å². The molecule has 2 aliphatic rings. The first-order chi connectivity index (χ1) is 17.4. The minimum atomic E-state index is -0.452. The Morgan fingerprint density at radius 1 is 1.22 bits per heavy atom. The molecule has 1 aromatic heterocycles. The molecular formula is C28H32N6O2. The number of aliphatic hydroxyl groups is 2. The largest absolute Gasteiger partial charge is 0.395 e. The van der Waals surface area contributed by atoms with Crippen molar-refractivity contribution in [1.82, 2.24) is 14.9 Å². The highest BCUT2D eigenvalue weighted by molar-refractivity contribution is 5.76. The molecule has 4 N–H and O–H groups in total. The number of rotatable bonds is 6. The van der Waals surface area contributed by atoms with Crippen LogP contribution in [0.4, 0.5) is 17.3 Å². The van der Waals surface area contributed by atoms with Crippen LogP contribution in [0.1, 0.15) is 42.0 Å². The average molecular weight is 485 g/mol. The molecule has 8 heteroatoms. The molecule has 0 saturated carbocycles. The van der Waals surface area contributed by atoms with Crippen LogP contribution in [-0.2, 0) is 12.0 Å². The molecule has 8 nitrogen and oxygen atoms in total. The van der Waals surface area contributed by atoms with E-state index in [2.05, 4.69) is 51.7 Å². The van der Waals surface area contributed by atoms with Crippen LogP contribution >= 0.6 is 0 Å². The Bertz CT molecular complexity index is 1310. The van der Waals surface area contributed by atoms with Crippen LogP contribution in [0.2, 0.25) is 0 Å². The summed E-state index contributed by atoms with van der Waals surface area (Å²) in [6, 6.07) is 14.3. The van der Waals surface area contributed by atoms with E-state index in [1.807, 2.05) is 25.1 Å². The number of fused-ring (bicyclic) bond motifs is 1. The lowest BCUT2D eigenvalue weighted by atomic mass is 9.83. The predicted octanol–water partition coefficient (Wildman–Crippen LogP) is 3.70. The van der Waals surface area contributed by atoms with E-state index in [-0.39, 0.29) is 12.7 Å². The number of aromatic nitrogens is 2. The van der Waals surface area contributed by atoms with Gasteiger partial charge in [-0.05, 0) is 60.7 Å². The Hall–Kier alpha value is -3.51. The van der Waals surface area contributed by atoms with Gasteiger partial charge in [0.25, 0.3) is 0 Å². The van der Waals surface area contributed by atoms with Gasteiger partial charge in [0, 0.05) is 49.0 Å². The number of anilines is 3. The smallest absolute Gasteiger partial charge is 0.227 e. The molecule has 2 aliphatic heterocycles. The number of benzene rings is 2. The van der Waals surface area contributed by atoms with Gasteiger partial charge in [-0.1, -0.05) is 19.1 Å². The molecule has 5 rings (SSSR count). The van der Waals surface area contributed by atoms with Crippen molar-refractivity contribution in [3.63, 3.8) is 0 Å². The van der Waals surface area contributed by atoms with Gasteiger partial charge < -0.3 is 20.8 Å². The number of aryl methyl sites for hydroxylation is 1. The van der Waals surface area contributed by atoms with Gasteiger partial charge in [0.1, 0.15) is 6.07 Å². The van der Waals surface area contributed by atoms with Crippen molar-refractivity contribution in [1.29, 1.82) is 5.26 Å². The number of likely N-dealkylation sites (tertiary alicyclic amines) is 1. The second-order valence-corrected chi connectivity index (χ2v) is 10.2. The number of hydrogen-bond donors (Lipinski definition) is 4. The van der Waals surface area contributed by atoms with Gasteiger partial charge in [0.2, 0.25) is 5.95 Å². The van der Waals surface area contributed by atoms with Gasteiger partial charge >= 0.3 is 0 Å². The van der Waals surface area contributed by atoms with E-state index in [0.717, 1.165) is 66.1 Å². The zero-order valence-corrected chi connectivity index (χ0v) is 20.8. The quantitative estimate of drug-likeness (QED) is 0.418. The van der Waals surface area contributed by atoms with E-state index in [1.165, 1.54) is 0 Å². The number of nitrogens with zero attached hydrogens (tertiary/aromatic N) is 4. The summed E-state index contributed by atoms with van der Waals surface area (Å²) in [5.74, 6) is 0.482. The molecule has 0 aliphatic carbocycles. The maximum atomic E-state index is 10.0. The van der Waals surface area contributed by atoms with E-state index in [0.29, 0.717) is 23.8 Å². The molecule has 186 valence electrons. The summed E-state index contributed by atoms with van der Waals surface area (Å²) in [6.45, 7) is 7.17. The van der Waals surface area contributed by atoms with Crippen molar-refractivity contribution >= 4 is 17.3 Å². The molecule has 0 spiro atoms. The Morgan fingerprint density at radius 3 is 2.78 bits per heavy atom. The fourth-order valence-corrected chi connectivity index (χ4v) is 5.03. The molecule has 3 heterocycles. The SMILES string of the molecule is Cc1ccc(CN2CCC(O)CC2)c(Nc2nccc(-c3cc(C#N)c4c(c3)C(C)(CO)CN4)n2)c1. The monoisotopic (exact) mass is 484 g/mol. The first kappa shape index (κ1) is 24.2. The van der Waals surface area contributed by atoms with Crippen LogP contribution in [0.15, 0.2) is 42.6 Å². The minimum Gasteiger partial charge on any atom is -0.395 e. The fourth-order valence-electron chi connectivity index (χ4n) is 5.03. The zero-order chi connectivity index (χ0) is 25.3. The van der Waals surface area contributed by atoms with Gasteiger partial charge in [0.05, 0.1) is 29.7 Å². The minimum absolute atomic E-state index is 0.00991. The highest BCUT2D eigenvalue weighted by atomic mass is 16.3. The lowest BCUT2D eigenvalue weighted by Gasteiger charge is -2.30. The molecule has 1 saturated heterocycles.